The molecule has 3 heteroatoms. The molecule has 0 bridgehead atoms. The van der Waals surface area contributed by atoms with Crippen molar-refractivity contribution >= 4 is 29.6 Å². The molecule has 0 unspecified atom stereocenters. The van der Waals surface area contributed by atoms with Gasteiger partial charge in [-0.15, -0.1) is 0 Å². The van der Waals surface area contributed by atoms with E-state index in [1.807, 2.05) is 12.1 Å². The number of rotatable bonds is 1. The Labute approximate surface area is 92.9 Å². The molecule has 1 rings (SSSR count). The second-order valence-corrected chi connectivity index (χ2v) is 2.79. The molecular formula is C8H8Br2Zn. The summed E-state index contributed by atoms with van der Waals surface area (Å²) in [5.74, 6) is 0. The number of halogens is 2. The zero-order chi connectivity index (χ0) is 8.69. The van der Waals surface area contributed by atoms with E-state index in [4.69, 9.17) is 0 Å². The van der Waals surface area contributed by atoms with Crippen molar-refractivity contribution in [1.29, 1.82) is 0 Å². The summed E-state index contributed by atoms with van der Waals surface area (Å²) in [6, 6.07) is 8.19. The minimum atomic E-state index is 0.868. The van der Waals surface area contributed by atoms with Crippen LogP contribution >= 0.6 is 29.6 Å². The molecule has 11 heavy (non-hydrogen) atoms. The molecule has 1 aromatic carbocycles. The number of hydrogen-bond donors (Lipinski definition) is 0. The van der Waals surface area contributed by atoms with Crippen LogP contribution in [0.3, 0.4) is 0 Å². The Balaban J connectivity index is 0.000000461. The van der Waals surface area contributed by atoms with Gasteiger partial charge in [-0.1, -0.05) is 33.6 Å². The Morgan fingerprint density at radius 1 is 1.18 bits per heavy atom. The van der Waals surface area contributed by atoms with E-state index >= 15 is 0 Å². The predicted octanol–water partition coefficient (Wildman–Crippen LogP) is 3.67. The van der Waals surface area contributed by atoms with Crippen LogP contribution in [0.25, 0.3) is 0 Å². The van der Waals surface area contributed by atoms with E-state index in [-0.39, 0.29) is 0 Å². The van der Waals surface area contributed by atoms with Crippen molar-refractivity contribution in [1.82, 2.24) is 0 Å². The van der Waals surface area contributed by atoms with E-state index in [1.165, 1.54) is 21.9 Å². The summed E-state index contributed by atoms with van der Waals surface area (Å²) in [6.07, 6.45) is 0.868. The van der Waals surface area contributed by atoms with Crippen molar-refractivity contribution in [3.8, 4) is 0 Å². The van der Waals surface area contributed by atoms with Crippen molar-refractivity contribution < 1.29 is 16.3 Å². The van der Waals surface area contributed by atoms with E-state index < -0.39 is 0 Å². The Morgan fingerprint density at radius 2 is 1.64 bits per heavy atom. The molecule has 0 aliphatic heterocycles. The molecule has 0 aliphatic carbocycles. The molecule has 0 fully saturated rings. The first-order valence-corrected chi connectivity index (χ1v) is 10.9. The van der Waals surface area contributed by atoms with Crippen molar-refractivity contribution in [2.24, 2.45) is 0 Å². The Kier molecular flexibility index (Phi) is 8.00. The molecule has 0 aromatic heterocycles. The quantitative estimate of drug-likeness (QED) is 0.545. The summed E-state index contributed by atoms with van der Waals surface area (Å²) in [7, 11) is 0. The summed E-state index contributed by atoms with van der Waals surface area (Å²) >= 11 is 7.60. The average molecular weight is 329 g/mol. The van der Waals surface area contributed by atoms with Gasteiger partial charge in [0.2, 0.25) is 0 Å². The Hall–Kier alpha value is 0.803. The molecule has 0 spiro atoms. The summed E-state index contributed by atoms with van der Waals surface area (Å²) in [5, 5.41) is 0. The van der Waals surface area contributed by atoms with Gasteiger partial charge in [-0.3, -0.25) is 0 Å². The van der Waals surface area contributed by atoms with Crippen LogP contribution in [-0.4, -0.2) is 0 Å². The van der Waals surface area contributed by atoms with Gasteiger partial charge in [0, 0.05) is 4.47 Å². The summed E-state index contributed by atoms with van der Waals surface area (Å²) < 4.78 is 1.12. The van der Waals surface area contributed by atoms with Crippen molar-refractivity contribution in [3.63, 3.8) is 0 Å². The van der Waals surface area contributed by atoms with E-state index in [0.29, 0.717) is 0 Å². The monoisotopic (exact) mass is 326 g/mol. The predicted molar refractivity (Wildman–Crippen MR) is 52.1 cm³/mol. The maximum atomic E-state index is 3.77. The van der Waals surface area contributed by atoms with Crippen LogP contribution in [0.4, 0.5) is 0 Å². The number of benzene rings is 1. The molecule has 0 radical (unpaired) electrons. The van der Waals surface area contributed by atoms with Crippen molar-refractivity contribution in [2.45, 2.75) is 6.42 Å². The summed E-state index contributed by atoms with van der Waals surface area (Å²) in [4.78, 5) is 0. The molecular weight excluding hydrogens is 321 g/mol. The maximum absolute atomic E-state index is 3.77. The van der Waals surface area contributed by atoms with Gasteiger partial charge in [-0.25, -0.2) is 0 Å². The second-order valence-electron chi connectivity index (χ2n) is 1.88. The first kappa shape index (κ1) is 11.8. The molecule has 0 nitrogen and oxygen atoms in total. The van der Waals surface area contributed by atoms with Crippen LogP contribution in [0.2, 0.25) is 0 Å². The molecule has 0 atom stereocenters. The SMILES string of the molecule is [CH2-]Cc1ccc(Br)cc1.[Zn+][Br]. The van der Waals surface area contributed by atoms with Crippen LogP contribution in [-0.2, 0) is 22.8 Å². The fourth-order valence-electron chi connectivity index (χ4n) is 0.651. The van der Waals surface area contributed by atoms with Crippen LogP contribution in [0.15, 0.2) is 28.7 Å². The van der Waals surface area contributed by atoms with Gasteiger partial charge in [-0.05, 0) is 12.1 Å². The second kappa shape index (κ2) is 7.45. The third kappa shape index (κ3) is 5.11. The molecule has 0 heterocycles. The average Bonchev–Trinajstić information content (AvgIpc) is 2.10. The Bertz CT molecular complexity index is 184. The van der Waals surface area contributed by atoms with Crippen LogP contribution in [0.1, 0.15) is 5.56 Å². The summed E-state index contributed by atoms with van der Waals surface area (Å²) in [6.45, 7) is 3.77. The molecule has 1 aromatic rings. The molecule has 0 N–H and O–H groups in total. The normalized spacial score (nSPS) is 8.45. The van der Waals surface area contributed by atoms with Gasteiger partial charge < -0.3 is 6.92 Å². The van der Waals surface area contributed by atoms with Crippen LogP contribution < -0.4 is 0 Å². The van der Waals surface area contributed by atoms with Gasteiger partial charge in [0.25, 0.3) is 0 Å². The van der Waals surface area contributed by atoms with E-state index in [2.05, 4.69) is 48.6 Å². The van der Waals surface area contributed by atoms with Crippen LogP contribution in [0.5, 0.6) is 0 Å². The Morgan fingerprint density at radius 3 is 2.00 bits per heavy atom. The standard InChI is InChI=1S/C8H8Br.BrH.Zn/c1-2-7-3-5-8(9)6-4-7;;/h3-6H,1-2H2;1H;/q-1;;+2/p-1. The van der Waals surface area contributed by atoms with E-state index in [9.17, 15) is 0 Å². The first-order chi connectivity index (χ1) is 5.33. The third-order valence-corrected chi connectivity index (χ3v) is 1.73. The van der Waals surface area contributed by atoms with Gasteiger partial charge in [0.1, 0.15) is 0 Å². The van der Waals surface area contributed by atoms with E-state index in [0.717, 1.165) is 10.9 Å². The van der Waals surface area contributed by atoms with Crippen molar-refractivity contribution in [3.05, 3.63) is 41.2 Å². The van der Waals surface area contributed by atoms with E-state index in [1.54, 1.807) is 0 Å². The molecule has 0 saturated heterocycles. The zero-order valence-electron chi connectivity index (χ0n) is 6.19. The van der Waals surface area contributed by atoms with Gasteiger partial charge in [0.15, 0.2) is 0 Å². The molecule has 0 amide bonds. The topological polar surface area (TPSA) is 0 Å². The zero-order valence-corrected chi connectivity index (χ0v) is 12.3. The number of hydrogen-bond acceptors (Lipinski definition) is 0. The van der Waals surface area contributed by atoms with Crippen molar-refractivity contribution in [2.75, 3.05) is 0 Å². The fraction of sp³-hybridized carbons (Fsp3) is 0.125. The minimum absolute atomic E-state index is 0.868. The third-order valence-electron chi connectivity index (χ3n) is 1.20. The fourth-order valence-corrected chi connectivity index (χ4v) is 0.915. The van der Waals surface area contributed by atoms with Crippen LogP contribution in [0, 0.1) is 6.92 Å². The first-order valence-electron chi connectivity index (χ1n) is 3.13. The molecule has 0 saturated carbocycles. The summed E-state index contributed by atoms with van der Waals surface area (Å²) in [5.41, 5.74) is 1.28. The molecule has 0 aliphatic rings. The molecule has 56 valence electrons. The van der Waals surface area contributed by atoms with Gasteiger partial charge in [-0.2, -0.15) is 6.42 Å². The van der Waals surface area contributed by atoms with Gasteiger partial charge >= 0.3 is 30.0 Å². The van der Waals surface area contributed by atoms with Gasteiger partial charge in [0.05, 0.1) is 0 Å².